The summed E-state index contributed by atoms with van der Waals surface area (Å²) in [6.45, 7) is 2.73. The summed E-state index contributed by atoms with van der Waals surface area (Å²) in [5.74, 6) is -0.234. The fraction of sp³-hybridized carbons (Fsp3) is 0.455. The van der Waals surface area contributed by atoms with Crippen molar-refractivity contribution >= 4 is 11.8 Å². The first-order chi connectivity index (χ1) is 7.19. The first-order valence-corrected chi connectivity index (χ1v) is 6.25. The van der Waals surface area contributed by atoms with Crippen molar-refractivity contribution in [2.24, 2.45) is 0 Å². The fourth-order valence-electron chi connectivity index (χ4n) is 1.46. The van der Waals surface area contributed by atoms with Gasteiger partial charge in [-0.2, -0.15) is 11.8 Å². The second-order valence-corrected chi connectivity index (χ2v) is 4.14. The standard InChI is InChI=1S/C11H15F2NS/c1-3-14-11(7-15-2)9-5-4-8(12)6-10(9)13/h4-6,11,14H,3,7H2,1-2H3. The molecule has 0 spiro atoms. The first kappa shape index (κ1) is 12.5. The summed E-state index contributed by atoms with van der Waals surface area (Å²) in [6, 6.07) is 3.68. The van der Waals surface area contributed by atoms with Gasteiger partial charge in [0.05, 0.1) is 0 Å². The van der Waals surface area contributed by atoms with Crippen LogP contribution in [-0.2, 0) is 0 Å². The largest absolute Gasteiger partial charge is 0.309 e. The third-order valence-electron chi connectivity index (χ3n) is 2.12. The zero-order chi connectivity index (χ0) is 11.3. The molecule has 0 radical (unpaired) electrons. The lowest BCUT2D eigenvalue weighted by Crippen LogP contribution is -2.23. The molecule has 0 aromatic heterocycles. The van der Waals surface area contributed by atoms with Crippen LogP contribution in [0.4, 0.5) is 8.78 Å². The van der Waals surface area contributed by atoms with E-state index in [4.69, 9.17) is 0 Å². The van der Waals surface area contributed by atoms with E-state index in [-0.39, 0.29) is 6.04 Å². The lowest BCUT2D eigenvalue weighted by Gasteiger charge is -2.17. The zero-order valence-electron chi connectivity index (χ0n) is 8.89. The molecule has 0 saturated carbocycles. The highest BCUT2D eigenvalue weighted by atomic mass is 32.2. The van der Waals surface area contributed by atoms with Gasteiger partial charge in [0.1, 0.15) is 11.6 Å². The Hall–Kier alpha value is -0.610. The van der Waals surface area contributed by atoms with E-state index in [9.17, 15) is 8.78 Å². The van der Waals surface area contributed by atoms with Crippen LogP contribution in [0.1, 0.15) is 18.5 Å². The van der Waals surface area contributed by atoms with E-state index in [1.807, 2.05) is 13.2 Å². The van der Waals surface area contributed by atoms with Crippen LogP contribution >= 0.6 is 11.8 Å². The molecular formula is C11H15F2NS. The van der Waals surface area contributed by atoms with E-state index in [0.717, 1.165) is 18.4 Å². The van der Waals surface area contributed by atoms with E-state index < -0.39 is 11.6 Å². The van der Waals surface area contributed by atoms with Crippen LogP contribution < -0.4 is 5.32 Å². The Morgan fingerprint density at radius 2 is 2.13 bits per heavy atom. The van der Waals surface area contributed by atoms with E-state index >= 15 is 0 Å². The number of hydrogen-bond donors (Lipinski definition) is 1. The molecule has 0 bridgehead atoms. The average Bonchev–Trinajstić information content (AvgIpc) is 2.17. The molecule has 1 atom stereocenters. The lowest BCUT2D eigenvalue weighted by molar-refractivity contribution is 0.531. The van der Waals surface area contributed by atoms with Crippen molar-refractivity contribution in [3.05, 3.63) is 35.4 Å². The van der Waals surface area contributed by atoms with Crippen LogP contribution in [0, 0.1) is 11.6 Å². The molecule has 84 valence electrons. The Labute approximate surface area is 93.3 Å². The molecule has 0 aliphatic carbocycles. The highest BCUT2D eigenvalue weighted by Crippen LogP contribution is 2.20. The highest BCUT2D eigenvalue weighted by Gasteiger charge is 2.14. The minimum absolute atomic E-state index is 0.0504. The Balaban J connectivity index is 2.89. The molecule has 0 heterocycles. The van der Waals surface area contributed by atoms with E-state index in [0.29, 0.717) is 5.56 Å². The molecule has 0 amide bonds. The predicted octanol–water partition coefficient (Wildman–Crippen LogP) is 2.98. The molecule has 0 aliphatic heterocycles. The molecule has 1 nitrogen and oxygen atoms in total. The minimum Gasteiger partial charge on any atom is -0.309 e. The topological polar surface area (TPSA) is 12.0 Å². The molecule has 1 unspecified atom stereocenters. The number of benzene rings is 1. The van der Waals surface area contributed by atoms with Crippen LogP contribution in [-0.4, -0.2) is 18.6 Å². The van der Waals surface area contributed by atoms with E-state index in [1.54, 1.807) is 11.8 Å². The predicted molar refractivity (Wildman–Crippen MR) is 61.2 cm³/mol. The van der Waals surface area contributed by atoms with Crippen molar-refractivity contribution in [2.45, 2.75) is 13.0 Å². The average molecular weight is 231 g/mol. The summed E-state index contributed by atoms with van der Waals surface area (Å²) in [4.78, 5) is 0. The molecule has 4 heteroatoms. The normalized spacial score (nSPS) is 12.8. The van der Waals surface area contributed by atoms with Gasteiger partial charge in [0.15, 0.2) is 0 Å². The summed E-state index contributed by atoms with van der Waals surface area (Å²) in [5.41, 5.74) is 0.535. The van der Waals surface area contributed by atoms with Gasteiger partial charge in [-0.15, -0.1) is 0 Å². The molecule has 0 aliphatic rings. The third-order valence-corrected chi connectivity index (χ3v) is 2.79. The molecule has 0 saturated heterocycles. The van der Waals surface area contributed by atoms with Gasteiger partial charge in [-0.05, 0) is 18.9 Å². The van der Waals surface area contributed by atoms with Gasteiger partial charge >= 0.3 is 0 Å². The molecular weight excluding hydrogens is 216 g/mol. The van der Waals surface area contributed by atoms with E-state index in [1.165, 1.54) is 12.1 Å². The molecule has 1 aromatic rings. The van der Waals surface area contributed by atoms with Crippen molar-refractivity contribution < 1.29 is 8.78 Å². The number of hydrogen-bond acceptors (Lipinski definition) is 2. The Bertz CT molecular complexity index is 311. The molecule has 1 aromatic carbocycles. The van der Waals surface area contributed by atoms with Crippen molar-refractivity contribution in [2.75, 3.05) is 18.6 Å². The Morgan fingerprint density at radius 3 is 2.67 bits per heavy atom. The maximum atomic E-state index is 13.5. The fourth-order valence-corrected chi connectivity index (χ4v) is 2.09. The molecule has 1 N–H and O–H groups in total. The SMILES string of the molecule is CCNC(CSC)c1ccc(F)cc1F. The monoisotopic (exact) mass is 231 g/mol. The lowest BCUT2D eigenvalue weighted by atomic mass is 10.1. The van der Waals surface area contributed by atoms with Gasteiger partial charge in [0, 0.05) is 23.4 Å². The van der Waals surface area contributed by atoms with Gasteiger partial charge in [-0.3, -0.25) is 0 Å². The summed E-state index contributed by atoms with van der Waals surface area (Å²) >= 11 is 1.63. The maximum Gasteiger partial charge on any atom is 0.130 e. The number of rotatable bonds is 5. The van der Waals surface area contributed by atoms with Crippen molar-refractivity contribution in [1.82, 2.24) is 5.32 Å². The quantitative estimate of drug-likeness (QED) is 0.836. The second kappa shape index (κ2) is 6.08. The van der Waals surface area contributed by atoms with Gasteiger partial charge < -0.3 is 5.32 Å². The maximum absolute atomic E-state index is 13.5. The number of thioether (sulfide) groups is 1. The summed E-state index contributed by atoms with van der Waals surface area (Å²) in [7, 11) is 0. The van der Waals surface area contributed by atoms with Crippen LogP contribution in [0.25, 0.3) is 0 Å². The van der Waals surface area contributed by atoms with E-state index in [2.05, 4.69) is 5.32 Å². The van der Waals surface area contributed by atoms with Gasteiger partial charge in [0.2, 0.25) is 0 Å². The number of nitrogens with one attached hydrogen (secondary N) is 1. The number of halogens is 2. The van der Waals surface area contributed by atoms with Crippen LogP contribution in [0.15, 0.2) is 18.2 Å². The summed E-state index contributed by atoms with van der Waals surface area (Å²) in [6.07, 6.45) is 1.96. The van der Waals surface area contributed by atoms with Crippen molar-refractivity contribution in [3.8, 4) is 0 Å². The van der Waals surface area contributed by atoms with Crippen LogP contribution in [0.3, 0.4) is 0 Å². The van der Waals surface area contributed by atoms with Crippen LogP contribution in [0.5, 0.6) is 0 Å². The van der Waals surface area contributed by atoms with Crippen molar-refractivity contribution in [1.29, 1.82) is 0 Å². The van der Waals surface area contributed by atoms with Gasteiger partial charge in [-0.1, -0.05) is 13.0 Å². The first-order valence-electron chi connectivity index (χ1n) is 4.86. The summed E-state index contributed by atoms with van der Waals surface area (Å²) < 4.78 is 26.2. The molecule has 15 heavy (non-hydrogen) atoms. The third kappa shape index (κ3) is 3.47. The summed E-state index contributed by atoms with van der Waals surface area (Å²) in [5, 5.41) is 3.18. The van der Waals surface area contributed by atoms with Crippen LogP contribution in [0.2, 0.25) is 0 Å². The molecule has 0 fully saturated rings. The Kier molecular flexibility index (Phi) is 5.05. The Morgan fingerprint density at radius 1 is 1.40 bits per heavy atom. The zero-order valence-corrected chi connectivity index (χ0v) is 9.70. The highest BCUT2D eigenvalue weighted by molar-refractivity contribution is 7.98. The minimum atomic E-state index is -0.532. The smallest absolute Gasteiger partial charge is 0.130 e. The van der Waals surface area contributed by atoms with Gasteiger partial charge in [-0.25, -0.2) is 8.78 Å². The van der Waals surface area contributed by atoms with Gasteiger partial charge in [0.25, 0.3) is 0 Å². The second-order valence-electron chi connectivity index (χ2n) is 3.23. The molecule has 1 rings (SSSR count). The van der Waals surface area contributed by atoms with Crippen molar-refractivity contribution in [3.63, 3.8) is 0 Å².